The van der Waals surface area contributed by atoms with Gasteiger partial charge in [0.25, 0.3) is 0 Å². The molecule has 0 atom stereocenters. The third kappa shape index (κ3) is 1.98. The fourth-order valence-corrected chi connectivity index (χ4v) is 4.27. The van der Waals surface area contributed by atoms with Gasteiger partial charge in [0.2, 0.25) is 0 Å². The van der Waals surface area contributed by atoms with E-state index in [1.165, 1.54) is 0 Å². The van der Waals surface area contributed by atoms with Crippen LogP contribution in [-0.4, -0.2) is 18.5 Å². The van der Waals surface area contributed by atoms with Gasteiger partial charge in [0.05, 0.1) is 7.14 Å². The molecule has 1 rings (SSSR count). The molecule has 0 aromatic rings. The average molecular weight is 158 g/mol. The lowest BCUT2D eigenvalue weighted by Gasteiger charge is -2.12. The minimum atomic E-state index is -1.74. The van der Waals surface area contributed by atoms with Crippen LogP contribution in [0.25, 0.3) is 0 Å². The molecule has 0 bridgehead atoms. The van der Waals surface area contributed by atoms with Gasteiger partial charge in [-0.1, -0.05) is 26.0 Å². The summed E-state index contributed by atoms with van der Waals surface area (Å²) in [5, 5.41) is 0. The molecule has 0 N–H and O–H groups in total. The highest BCUT2D eigenvalue weighted by atomic mass is 31.2. The van der Waals surface area contributed by atoms with E-state index < -0.39 is 7.14 Å². The van der Waals surface area contributed by atoms with E-state index in [0.717, 1.165) is 18.5 Å². The fourth-order valence-electron chi connectivity index (χ4n) is 1.42. The molecule has 0 aromatic carbocycles. The van der Waals surface area contributed by atoms with Crippen molar-refractivity contribution in [2.75, 3.05) is 18.5 Å². The zero-order valence-electron chi connectivity index (χ0n) is 6.71. The predicted molar refractivity (Wildman–Crippen MR) is 46.2 cm³/mol. The minimum Gasteiger partial charge on any atom is -0.323 e. The van der Waals surface area contributed by atoms with E-state index in [1.807, 2.05) is 0 Å². The molecule has 0 radical (unpaired) electrons. The lowest BCUT2D eigenvalue weighted by Crippen LogP contribution is -1.99. The normalized spacial score (nSPS) is 22.3. The second kappa shape index (κ2) is 2.92. The van der Waals surface area contributed by atoms with E-state index in [-0.39, 0.29) is 0 Å². The van der Waals surface area contributed by atoms with Crippen LogP contribution in [0.3, 0.4) is 0 Å². The number of rotatable bonds is 2. The summed E-state index contributed by atoms with van der Waals surface area (Å²) in [7, 11) is -1.74. The van der Waals surface area contributed by atoms with Gasteiger partial charge in [-0.3, -0.25) is 0 Å². The first-order valence-electron chi connectivity index (χ1n) is 3.84. The van der Waals surface area contributed by atoms with Gasteiger partial charge < -0.3 is 4.57 Å². The van der Waals surface area contributed by atoms with Gasteiger partial charge in [0.1, 0.15) is 0 Å². The van der Waals surface area contributed by atoms with Crippen LogP contribution in [0.5, 0.6) is 0 Å². The second-order valence-electron chi connectivity index (χ2n) is 3.47. The van der Waals surface area contributed by atoms with E-state index in [9.17, 15) is 4.57 Å². The van der Waals surface area contributed by atoms with Crippen molar-refractivity contribution in [3.63, 3.8) is 0 Å². The molecule has 1 heterocycles. The molecular weight excluding hydrogens is 143 g/mol. The summed E-state index contributed by atoms with van der Waals surface area (Å²) >= 11 is 0. The Morgan fingerprint density at radius 2 is 1.90 bits per heavy atom. The van der Waals surface area contributed by atoms with Gasteiger partial charge in [-0.25, -0.2) is 0 Å². The Kier molecular flexibility index (Phi) is 2.36. The summed E-state index contributed by atoms with van der Waals surface area (Å²) in [4.78, 5) is 0. The molecule has 0 fully saturated rings. The molecule has 1 nitrogen and oxygen atoms in total. The van der Waals surface area contributed by atoms with E-state index in [1.54, 1.807) is 0 Å². The van der Waals surface area contributed by atoms with Gasteiger partial charge in [-0.05, 0) is 5.92 Å². The lowest BCUT2D eigenvalue weighted by molar-refractivity contribution is 0.570. The summed E-state index contributed by atoms with van der Waals surface area (Å²) in [5.74, 6) is 0.589. The molecule has 0 aliphatic carbocycles. The lowest BCUT2D eigenvalue weighted by atomic mass is 10.3. The van der Waals surface area contributed by atoms with Gasteiger partial charge in [-0.2, -0.15) is 0 Å². The molecule has 0 saturated carbocycles. The van der Waals surface area contributed by atoms with E-state index >= 15 is 0 Å². The quantitative estimate of drug-likeness (QED) is 0.446. The van der Waals surface area contributed by atoms with Crippen molar-refractivity contribution < 1.29 is 4.57 Å². The minimum absolute atomic E-state index is 0.589. The monoisotopic (exact) mass is 158 g/mol. The molecule has 0 aromatic heterocycles. The highest BCUT2D eigenvalue weighted by molar-refractivity contribution is 7.64. The van der Waals surface area contributed by atoms with Crippen molar-refractivity contribution in [3.05, 3.63) is 12.2 Å². The van der Waals surface area contributed by atoms with Crippen molar-refractivity contribution in [1.29, 1.82) is 0 Å². The largest absolute Gasteiger partial charge is 0.323 e. The first-order valence-corrected chi connectivity index (χ1v) is 6.11. The molecule has 1 aliphatic heterocycles. The topological polar surface area (TPSA) is 17.1 Å². The smallest absolute Gasteiger partial charge is 0.0951 e. The Morgan fingerprint density at radius 1 is 1.40 bits per heavy atom. The predicted octanol–water partition coefficient (Wildman–Crippen LogP) is 2.58. The molecule has 10 heavy (non-hydrogen) atoms. The van der Waals surface area contributed by atoms with Crippen LogP contribution in [0.1, 0.15) is 13.8 Å². The zero-order valence-corrected chi connectivity index (χ0v) is 7.60. The van der Waals surface area contributed by atoms with Crippen LogP contribution in [0, 0.1) is 5.92 Å². The Labute approximate surface area is 62.9 Å². The van der Waals surface area contributed by atoms with E-state index in [2.05, 4.69) is 26.0 Å². The van der Waals surface area contributed by atoms with Crippen LogP contribution < -0.4 is 0 Å². The van der Waals surface area contributed by atoms with Crippen molar-refractivity contribution in [2.45, 2.75) is 13.8 Å². The molecule has 2 heteroatoms. The van der Waals surface area contributed by atoms with Gasteiger partial charge in [0, 0.05) is 18.5 Å². The van der Waals surface area contributed by atoms with Gasteiger partial charge in [-0.15, -0.1) is 0 Å². The second-order valence-corrected chi connectivity index (χ2v) is 6.68. The van der Waals surface area contributed by atoms with E-state index in [0.29, 0.717) is 5.92 Å². The first-order chi connectivity index (χ1) is 4.62. The SMILES string of the molecule is CC(C)CP1(=O)CC=CC1. The third-order valence-corrected chi connectivity index (χ3v) is 4.89. The molecule has 0 spiro atoms. The van der Waals surface area contributed by atoms with Crippen LogP contribution in [0.4, 0.5) is 0 Å². The van der Waals surface area contributed by atoms with Crippen molar-refractivity contribution in [2.24, 2.45) is 5.92 Å². The van der Waals surface area contributed by atoms with Gasteiger partial charge >= 0.3 is 0 Å². The Morgan fingerprint density at radius 3 is 2.30 bits per heavy atom. The molecular formula is C8H15OP. The number of hydrogen-bond acceptors (Lipinski definition) is 1. The maximum Gasteiger partial charge on any atom is 0.0951 e. The van der Waals surface area contributed by atoms with Crippen LogP contribution in [-0.2, 0) is 4.57 Å². The summed E-state index contributed by atoms with van der Waals surface area (Å²) in [6.07, 6.45) is 6.75. The van der Waals surface area contributed by atoms with Crippen LogP contribution in [0.15, 0.2) is 12.2 Å². The fraction of sp³-hybridized carbons (Fsp3) is 0.750. The van der Waals surface area contributed by atoms with Gasteiger partial charge in [0.15, 0.2) is 0 Å². The number of allylic oxidation sites excluding steroid dienone is 2. The average Bonchev–Trinajstić information content (AvgIpc) is 2.12. The summed E-state index contributed by atoms with van der Waals surface area (Å²) in [5.41, 5.74) is 0. The Balaban J connectivity index is 2.47. The van der Waals surface area contributed by atoms with Crippen molar-refractivity contribution in [1.82, 2.24) is 0 Å². The van der Waals surface area contributed by atoms with Crippen molar-refractivity contribution in [3.8, 4) is 0 Å². The Bertz CT molecular complexity index is 170. The standard InChI is InChI=1S/C8H15OP/c1-8(2)7-10(9)5-3-4-6-10/h3-4,8H,5-7H2,1-2H3. The summed E-state index contributed by atoms with van der Waals surface area (Å²) in [6.45, 7) is 4.27. The summed E-state index contributed by atoms with van der Waals surface area (Å²) in [6, 6.07) is 0. The van der Waals surface area contributed by atoms with E-state index in [4.69, 9.17) is 0 Å². The zero-order chi connectivity index (χ0) is 7.61. The highest BCUT2D eigenvalue weighted by Gasteiger charge is 2.23. The molecule has 0 saturated heterocycles. The Hall–Kier alpha value is -0.0300. The van der Waals surface area contributed by atoms with Crippen LogP contribution >= 0.6 is 7.14 Å². The van der Waals surface area contributed by atoms with Crippen molar-refractivity contribution >= 4 is 7.14 Å². The first kappa shape index (κ1) is 8.07. The molecule has 1 aliphatic rings. The number of hydrogen-bond donors (Lipinski definition) is 0. The third-order valence-electron chi connectivity index (χ3n) is 1.74. The molecule has 0 amide bonds. The maximum atomic E-state index is 11.8. The highest BCUT2D eigenvalue weighted by Crippen LogP contribution is 2.50. The maximum absolute atomic E-state index is 11.8. The summed E-state index contributed by atoms with van der Waals surface area (Å²) < 4.78 is 11.8. The van der Waals surface area contributed by atoms with Crippen LogP contribution in [0.2, 0.25) is 0 Å². The molecule has 0 unspecified atom stereocenters. The molecule has 58 valence electrons.